The predicted octanol–water partition coefficient (Wildman–Crippen LogP) is 2.33. The quantitative estimate of drug-likeness (QED) is 0.633. The molecule has 1 fully saturated rings. The van der Waals surface area contributed by atoms with Crippen molar-refractivity contribution in [2.45, 2.75) is 40.5 Å². The molecule has 0 saturated carbocycles. The molecule has 2 rings (SSSR count). The molecule has 0 radical (unpaired) electrons. The number of aromatic nitrogens is 2. The summed E-state index contributed by atoms with van der Waals surface area (Å²) in [4.78, 5) is 11.0. The topological polar surface area (TPSA) is 67.1 Å². The van der Waals surface area contributed by atoms with Crippen LogP contribution < -0.4 is 16.2 Å². The van der Waals surface area contributed by atoms with Crippen LogP contribution in [0, 0.1) is 18.3 Å². The molecule has 0 aromatic carbocycles. The van der Waals surface area contributed by atoms with Gasteiger partial charge in [0, 0.05) is 24.8 Å². The van der Waals surface area contributed by atoms with Crippen LogP contribution in [0.15, 0.2) is 6.07 Å². The number of anilines is 2. The molecule has 3 N–H and O–H groups in total. The highest BCUT2D eigenvalue weighted by Gasteiger charge is 2.29. The lowest BCUT2D eigenvalue weighted by atomic mass is 9.75. The summed E-state index contributed by atoms with van der Waals surface area (Å²) in [6.07, 6.45) is 2.44. The third-order valence-electron chi connectivity index (χ3n) is 4.01. The third kappa shape index (κ3) is 3.35. The minimum Gasteiger partial charge on any atom is -0.356 e. The van der Waals surface area contributed by atoms with Crippen LogP contribution in [0.1, 0.15) is 39.3 Å². The maximum Gasteiger partial charge on any atom is 0.239 e. The Hall–Kier alpha value is -1.36. The van der Waals surface area contributed by atoms with Gasteiger partial charge in [0.15, 0.2) is 0 Å². The first kappa shape index (κ1) is 14.1. The molecule has 1 aromatic heterocycles. The molecule has 0 spiro atoms. The number of rotatable bonds is 2. The number of hydrazine groups is 1. The van der Waals surface area contributed by atoms with Crippen molar-refractivity contribution in [3.63, 3.8) is 0 Å². The van der Waals surface area contributed by atoms with Crippen LogP contribution in [0.3, 0.4) is 0 Å². The Labute approximate surface area is 115 Å². The van der Waals surface area contributed by atoms with Gasteiger partial charge < -0.3 is 4.90 Å². The average molecular weight is 263 g/mol. The zero-order chi connectivity index (χ0) is 14.0. The van der Waals surface area contributed by atoms with Crippen LogP contribution in [0.5, 0.6) is 0 Å². The third-order valence-corrected chi connectivity index (χ3v) is 4.01. The number of hydrogen-bond donors (Lipinski definition) is 2. The molecule has 1 aromatic rings. The highest BCUT2D eigenvalue weighted by atomic mass is 15.3. The predicted molar refractivity (Wildman–Crippen MR) is 79.0 cm³/mol. The summed E-state index contributed by atoms with van der Waals surface area (Å²) >= 11 is 0. The van der Waals surface area contributed by atoms with E-state index in [-0.39, 0.29) is 0 Å². The van der Waals surface area contributed by atoms with Gasteiger partial charge in [-0.15, -0.1) is 0 Å². The van der Waals surface area contributed by atoms with E-state index in [1.165, 1.54) is 12.8 Å². The van der Waals surface area contributed by atoms with Crippen molar-refractivity contribution in [1.29, 1.82) is 0 Å². The van der Waals surface area contributed by atoms with Crippen LogP contribution in [-0.4, -0.2) is 23.1 Å². The van der Waals surface area contributed by atoms with Gasteiger partial charge in [-0.25, -0.2) is 10.8 Å². The average Bonchev–Trinajstić information content (AvgIpc) is 2.37. The van der Waals surface area contributed by atoms with E-state index in [4.69, 9.17) is 5.84 Å². The van der Waals surface area contributed by atoms with Gasteiger partial charge in [0.2, 0.25) is 5.95 Å². The van der Waals surface area contributed by atoms with Crippen LogP contribution in [0.2, 0.25) is 0 Å². The molecule has 0 unspecified atom stereocenters. The number of hydrogen-bond acceptors (Lipinski definition) is 5. The summed E-state index contributed by atoms with van der Waals surface area (Å²) in [5.41, 5.74) is 3.87. The zero-order valence-corrected chi connectivity index (χ0v) is 12.4. The molecule has 1 aliphatic heterocycles. The van der Waals surface area contributed by atoms with Gasteiger partial charge in [-0.2, -0.15) is 4.98 Å². The number of nitrogens with one attached hydrogen (secondary N) is 1. The summed E-state index contributed by atoms with van der Waals surface area (Å²) in [6, 6.07) is 2.03. The maximum atomic E-state index is 5.40. The number of nitrogen functional groups attached to an aromatic ring is 1. The fourth-order valence-electron chi connectivity index (χ4n) is 2.75. The van der Waals surface area contributed by atoms with E-state index in [0.29, 0.717) is 11.4 Å². The van der Waals surface area contributed by atoms with Crippen molar-refractivity contribution < 1.29 is 0 Å². The molecule has 19 heavy (non-hydrogen) atoms. The number of nitrogens with two attached hydrogens (primary N) is 1. The van der Waals surface area contributed by atoms with Gasteiger partial charge in [-0.1, -0.05) is 20.8 Å². The minimum atomic E-state index is 0.400. The number of aryl methyl sites for hydroxylation is 1. The standard InChI is InChI=1S/C14H25N5/c1-10-9-12(17-13(16-10)18-15)19-7-5-11(6-8-19)14(2,3)4/h9,11H,5-8,15H2,1-4H3,(H,16,17,18). The minimum absolute atomic E-state index is 0.400. The van der Waals surface area contributed by atoms with Crippen molar-refractivity contribution in [2.24, 2.45) is 17.2 Å². The first-order valence-electron chi connectivity index (χ1n) is 6.97. The molecule has 0 atom stereocenters. The van der Waals surface area contributed by atoms with Gasteiger partial charge in [0.25, 0.3) is 0 Å². The van der Waals surface area contributed by atoms with E-state index < -0.39 is 0 Å². The highest BCUT2D eigenvalue weighted by molar-refractivity contribution is 5.44. The molecule has 5 nitrogen and oxygen atoms in total. The lowest BCUT2D eigenvalue weighted by Crippen LogP contribution is -2.38. The second-order valence-electron chi connectivity index (χ2n) is 6.46. The smallest absolute Gasteiger partial charge is 0.239 e. The Balaban J connectivity index is 2.07. The Morgan fingerprint density at radius 3 is 2.42 bits per heavy atom. The van der Waals surface area contributed by atoms with E-state index in [2.05, 4.69) is 41.1 Å². The Bertz CT molecular complexity index is 430. The molecule has 5 heteroatoms. The van der Waals surface area contributed by atoms with Crippen molar-refractivity contribution >= 4 is 11.8 Å². The zero-order valence-electron chi connectivity index (χ0n) is 12.4. The molecule has 0 aliphatic carbocycles. The summed E-state index contributed by atoms with van der Waals surface area (Å²) in [5.74, 6) is 7.67. The van der Waals surface area contributed by atoms with Gasteiger partial charge in [0.1, 0.15) is 5.82 Å². The van der Waals surface area contributed by atoms with Crippen molar-refractivity contribution in [1.82, 2.24) is 9.97 Å². The van der Waals surface area contributed by atoms with Gasteiger partial charge in [-0.05, 0) is 31.1 Å². The summed E-state index contributed by atoms with van der Waals surface area (Å²) in [7, 11) is 0. The van der Waals surface area contributed by atoms with E-state index >= 15 is 0 Å². The Morgan fingerprint density at radius 1 is 1.26 bits per heavy atom. The van der Waals surface area contributed by atoms with E-state index in [1.807, 2.05) is 13.0 Å². The fourth-order valence-corrected chi connectivity index (χ4v) is 2.75. The summed E-state index contributed by atoms with van der Waals surface area (Å²) in [6.45, 7) is 11.1. The van der Waals surface area contributed by atoms with Crippen molar-refractivity contribution in [3.05, 3.63) is 11.8 Å². The van der Waals surface area contributed by atoms with E-state index in [9.17, 15) is 0 Å². The van der Waals surface area contributed by atoms with Gasteiger partial charge in [0.05, 0.1) is 0 Å². The van der Waals surface area contributed by atoms with Crippen LogP contribution >= 0.6 is 0 Å². The Morgan fingerprint density at radius 2 is 1.89 bits per heavy atom. The largest absolute Gasteiger partial charge is 0.356 e. The maximum absolute atomic E-state index is 5.40. The fraction of sp³-hybridized carbons (Fsp3) is 0.714. The molecule has 0 amide bonds. The molecular formula is C14H25N5. The van der Waals surface area contributed by atoms with Crippen LogP contribution in [-0.2, 0) is 0 Å². The van der Waals surface area contributed by atoms with Gasteiger partial charge >= 0.3 is 0 Å². The Kier molecular flexibility index (Phi) is 3.94. The second-order valence-corrected chi connectivity index (χ2v) is 6.46. The lowest BCUT2D eigenvalue weighted by Gasteiger charge is -2.39. The van der Waals surface area contributed by atoms with Crippen LogP contribution in [0.4, 0.5) is 11.8 Å². The molecule has 1 aliphatic rings. The monoisotopic (exact) mass is 263 g/mol. The first-order valence-corrected chi connectivity index (χ1v) is 6.97. The van der Waals surface area contributed by atoms with E-state index in [0.717, 1.165) is 30.5 Å². The lowest BCUT2D eigenvalue weighted by molar-refractivity contribution is 0.198. The molecular weight excluding hydrogens is 238 g/mol. The van der Waals surface area contributed by atoms with Crippen LogP contribution in [0.25, 0.3) is 0 Å². The summed E-state index contributed by atoms with van der Waals surface area (Å²) < 4.78 is 0. The normalized spacial score (nSPS) is 17.6. The molecule has 1 saturated heterocycles. The highest BCUT2D eigenvalue weighted by Crippen LogP contribution is 2.35. The molecule has 106 valence electrons. The van der Waals surface area contributed by atoms with Crippen molar-refractivity contribution in [3.8, 4) is 0 Å². The number of nitrogens with zero attached hydrogens (tertiary/aromatic N) is 3. The SMILES string of the molecule is Cc1cc(N2CCC(C(C)(C)C)CC2)nc(NN)n1. The van der Waals surface area contributed by atoms with Crippen molar-refractivity contribution in [2.75, 3.05) is 23.4 Å². The van der Waals surface area contributed by atoms with Gasteiger partial charge in [-0.3, -0.25) is 5.43 Å². The first-order chi connectivity index (χ1) is 8.90. The summed E-state index contributed by atoms with van der Waals surface area (Å²) in [5, 5.41) is 0. The second kappa shape index (κ2) is 5.33. The van der Waals surface area contributed by atoms with E-state index in [1.54, 1.807) is 0 Å². The molecule has 0 bridgehead atoms. The number of piperidine rings is 1. The molecule has 2 heterocycles.